The summed E-state index contributed by atoms with van der Waals surface area (Å²) in [6, 6.07) is 0. The Morgan fingerprint density at radius 3 is 1.43 bits per heavy atom. The van der Waals surface area contributed by atoms with Crippen molar-refractivity contribution in [3.63, 3.8) is 0 Å². The van der Waals surface area contributed by atoms with Crippen molar-refractivity contribution >= 4 is 18.5 Å². The Hall–Kier alpha value is 0.860. The van der Waals surface area contributed by atoms with Crippen molar-refractivity contribution in [3.05, 3.63) is 0 Å². The molecule has 4 atom stereocenters. The van der Waals surface area contributed by atoms with Gasteiger partial charge in [-0.1, -0.05) is 13.8 Å². The molecular weight excluding hydrogens is 122 g/mol. The molecule has 0 rings (SSSR count). The average Bonchev–Trinajstić information content (AvgIpc) is 1.27. The highest BCUT2D eigenvalue weighted by molar-refractivity contribution is 7.18. The van der Waals surface area contributed by atoms with Crippen LogP contribution < -0.4 is 0 Å². The summed E-state index contributed by atoms with van der Waals surface area (Å²) in [5.74, 6) is 0. The molecule has 2 heteroatoms. The Morgan fingerprint density at radius 2 is 1.43 bits per heavy atom. The van der Waals surface area contributed by atoms with E-state index in [2.05, 4.69) is 32.3 Å². The Kier molecular flexibility index (Phi) is 4.28. The van der Waals surface area contributed by atoms with E-state index in [0.29, 0.717) is 0 Å². The average molecular weight is 136 g/mol. The molecule has 7 heavy (non-hydrogen) atoms. The van der Waals surface area contributed by atoms with Gasteiger partial charge in [-0.05, 0) is 17.7 Å². The van der Waals surface area contributed by atoms with Crippen LogP contribution in [0.2, 0.25) is 0 Å². The first kappa shape index (κ1) is 7.86. The summed E-state index contributed by atoms with van der Waals surface area (Å²) >= 11 is 0. The van der Waals surface area contributed by atoms with E-state index in [1.54, 1.807) is 0 Å². The van der Waals surface area contributed by atoms with E-state index in [4.69, 9.17) is 0 Å². The van der Waals surface area contributed by atoms with E-state index in [9.17, 15) is 0 Å². The molecule has 0 aromatic carbocycles. The van der Waals surface area contributed by atoms with E-state index in [-0.39, 0.29) is 0 Å². The quantitative estimate of drug-likeness (QED) is 0.508. The molecule has 2 unspecified atom stereocenters. The lowest BCUT2D eigenvalue weighted by atomic mass is 10.3. The Labute approximate surface area is 50.9 Å². The lowest BCUT2D eigenvalue weighted by Gasteiger charge is -2.05. The van der Waals surface area contributed by atoms with Crippen molar-refractivity contribution < 1.29 is 0 Å². The van der Waals surface area contributed by atoms with Crippen molar-refractivity contribution in [2.24, 2.45) is 0 Å². The summed E-state index contributed by atoms with van der Waals surface area (Å²) in [6.45, 7) is 4.43. The van der Waals surface area contributed by atoms with Crippen LogP contribution in [0.25, 0.3) is 0 Å². The van der Waals surface area contributed by atoms with Crippen LogP contribution in [0.4, 0.5) is 0 Å². The zero-order chi connectivity index (χ0) is 5.86. The fourth-order valence-corrected chi connectivity index (χ4v) is 1.76. The fourth-order valence-electron chi connectivity index (χ4n) is 0.586. The van der Waals surface area contributed by atoms with Gasteiger partial charge in [-0.3, -0.25) is 0 Å². The van der Waals surface area contributed by atoms with Gasteiger partial charge in [0, 0.05) is 0 Å². The van der Waals surface area contributed by atoms with Crippen LogP contribution in [0.15, 0.2) is 0 Å². The van der Waals surface area contributed by atoms with Crippen LogP contribution in [-0.2, 0) is 0 Å². The topological polar surface area (TPSA) is 0 Å². The van der Waals surface area contributed by atoms with Gasteiger partial charge in [0.1, 0.15) is 0 Å². The first-order chi connectivity index (χ1) is 3.13. The van der Waals surface area contributed by atoms with Crippen LogP contribution in [0.5, 0.6) is 0 Å². The number of hydrogen-bond acceptors (Lipinski definition) is 0. The molecule has 0 saturated carbocycles. The van der Waals surface area contributed by atoms with Gasteiger partial charge in [0.25, 0.3) is 0 Å². The van der Waals surface area contributed by atoms with E-state index in [1.807, 2.05) is 0 Å². The van der Waals surface area contributed by atoms with Gasteiger partial charge in [-0.25, -0.2) is 0 Å². The summed E-state index contributed by atoms with van der Waals surface area (Å²) in [6.07, 6.45) is 1.29. The maximum atomic E-state index is 2.79. The molecule has 44 valence electrons. The van der Waals surface area contributed by atoms with Crippen molar-refractivity contribution in [1.29, 1.82) is 0 Å². The van der Waals surface area contributed by atoms with Gasteiger partial charge in [0.05, 0.1) is 0 Å². The summed E-state index contributed by atoms with van der Waals surface area (Å²) in [7, 11) is 5.58. The fraction of sp³-hybridized carbons (Fsp3) is 1.00. The lowest BCUT2D eigenvalue weighted by molar-refractivity contribution is 0.804. The smallest absolute Gasteiger partial charge is 0.0287 e. The Bertz CT molecular complexity index is 35.3. The molecule has 0 spiro atoms. The summed E-state index contributed by atoms with van der Waals surface area (Å²) in [4.78, 5) is 0. The lowest BCUT2D eigenvalue weighted by Crippen LogP contribution is -1.97. The molecule has 0 radical (unpaired) electrons. The zero-order valence-electron chi connectivity index (χ0n) is 5.02. The van der Waals surface area contributed by atoms with Crippen molar-refractivity contribution in [2.45, 2.75) is 31.6 Å². The van der Waals surface area contributed by atoms with Crippen LogP contribution >= 0.6 is 18.5 Å². The second-order valence-electron chi connectivity index (χ2n) is 2.19. The van der Waals surface area contributed by atoms with Crippen LogP contribution in [0, 0.1) is 0 Å². The van der Waals surface area contributed by atoms with E-state index >= 15 is 0 Å². The summed E-state index contributed by atoms with van der Waals surface area (Å²) in [5.41, 5.74) is 1.54. The monoisotopic (exact) mass is 136 g/mol. The second-order valence-corrected chi connectivity index (χ2v) is 4.47. The highest BCUT2D eigenvalue weighted by Crippen LogP contribution is 2.12. The maximum Gasteiger partial charge on any atom is -0.0287 e. The molecule has 0 aromatic heterocycles. The minimum atomic E-state index is 0.771. The first-order valence-electron chi connectivity index (χ1n) is 2.64. The van der Waals surface area contributed by atoms with Gasteiger partial charge >= 0.3 is 0 Å². The molecule has 0 aliphatic rings. The Morgan fingerprint density at radius 1 is 1.14 bits per heavy atom. The normalized spacial score (nSPS) is 18.9. The van der Waals surface area contributed by atoms with E-state index in [0.717, 1.165) is 11.3 Å². The van der Waals surface area contributed by atoms with Crippen molar-refractivity contribution in [2.75, 3.05) is 0 Å². The molecule has 0 aliphatic heterocycles. The first-order valence-corrected chi connectivity index (χ1v) is 3.97. The molecule has 0 heterocycles. The largest absolute Gasteiger partial charge is 0.135 e. The number of rotatable bonds is 2. The van der Waals surface area contributed by atoms with E-state index in [1.165, 1.54) is 6.42 Å². The highest BCUT2D eigenvalue weighted by Gasteiger charge is 1.95. The molecule has 0 amide bonds. The molecule has 0 aliphatic carbocycles. The van der Waals surface area contributed by atoms with Gasteiger partial charge in [-0.2, -0.15) is 0 Å². The molecule has 0 bridgehead atoms. The molecular formula is C5H14P2. The Balaban J connectivity index is 2.95. The standard InChI is InChI=1S/C5H14P2/c1-4(6)3-5(2)7/h4-5H,3,6-7H2,1-2H3/t4-,5-/m0/s1. The third-order valence-corrected chi connectivity index (χ3v) is 1.29. The van der Waals surface area contributed by atoms with Gasteiger partial charge in [0.2, 0.25) is 0 Å². The van der Waals surface area contributed by atoms with Crippen molar-refractivity contribution in [1.82, 2.24) is 0 Å². The van der Waals surface area contributed by atoms with Gasteiger partial charge in [-0.15, -0.1) is 18.5 Å². The van der Waals surface area contributed by atoms with Crippen LogP contribution in [0.1, 0.15) is 20.3 Å². The molecule has 0 saturated heterocycles. The third-order valence-electron chi connectivity index (χ3n) is 0.744. The molecule has 0 fully saturated rings. The van der Waals surface area contributed by atoms with Crippen LogP contribution in [-0.4, -0.2) is 11.3 Å². The third kappa shape index (κ3) is 6.86. The molecule has 0 nitrogen and oxygen atoms in total. The predicted molar refractivity (Wildman–Crippen MR) is 43.0 cm³/mol. The zero-order valence-corrected chi connectivity index (χ0v) is 7.33. The van der Waals surface area contributed by atoms with Crippen molar-refractivity contribution in [3.8, 4) is 0 Å². The second kappa shape index (κ2) is 3.81. The summed E-state index contributed by atoms with van der Waals surface area (Å²) < 4.78 is 0. The van der Waals surface area contributed by atoms with E-state index < -0.39 is 0 Å². The molecule has 0 aromatic rings. The SMILES string of the molecule is C[C@H](P)C[C@H](C)P. The van der Waals surface area contributed by atoms with Crippen LogP contribution in [0.3, 0.4) is 0 Å². The van der Waals surface area contributed by atoms with Gasteiger partial charge < -0.3 is 0 Å². The van der Waals surface area contributed by atoms with Gasteiger partial charge in [0.15, 0.2) is 0 Å². The minimum absolute atomic E-state index is 0.771. The highest BCUT2D eigenvalue weighted by atomic mass is 31.0. The molecule has 0 N–H and O–H groups in total. The maximum absolute atomic E-state index is 2.79. The minimum Gasteiger partial charge on any atom is -0.135 e. The predicted octanol–water partition coefficient (Wildman–Crippen LogP) is 1.90. The summed E-state index contributed by atoms with van der Waals surface area (Å²) in [5, 5.41) is 0. The number of hydrogen-bond donors (Lipinski definition) is 0.